The van der Waals surface area contributed by atoms with E-state index in [-0.39, 0.29) is 60.4 Å². The van der Waals surface area contributed by atoms with Crippen LogP contribution >= 0.6 is 11.7 Å². The van der Waals surface area contributed by atoms with Crippen LogP contribution in [0, 0.1) is 11.8 Å². The Hall–Kier alpha value is -2.05. The number of rotatable bonds is 14. The van der Waals surface area contributed by atoms with E-state index in [9.17, 15) is 9.59 Å². The molecular weight excluding hydrogens is 677 g/mol. The second-order valence-electron chi connectivity index (χ2n) is 12.4. The molecule has 1 aliphatic carbocycles. The number of likely N-dealkylation sites (N-methyl/N-ethyl adjacent to an activating group) is 1. The molecule has 43 heavy (non-hydrogen) atoms. The summed E-state index contributed by atoms with van der Waals surface area (Å²) < 4.78 is 27.6. The molecule has 2 aliphatic rings. The Kier molecular flexibility index (Phi) is 14.4. The number of esters is 2. The van der Waals surface area contributed by atoms with Crippen molar-refractivity contribution in [2.45, 2.75) is 97.6 Å². The molecule has 1 saturated carbocycles. The Morgan fingerprint density at radius 2 is 1.84 bits per heavy atom. The van der Waals surface area contributed by atoms with Crippen molar-refractivity contribution in [1.29, 1.82) is 0 Å². The number of quaternary nitrogens is 1. The largest absolute Gasteiger partial charge is 1.00 e. The lowest BCUT2D eigenvalue weighted by molar-refractivity contribution is -0.950. The molecule has 238 valence electrons. The molecule has 1 aromatic heterocycles. The van der Waals surface area contributed by atoms with Crippen LogP contribution in [0.1, 0.15) is 96.2 Å². The third-order valence-electron chi connectivity index (χ3n) is 8.45. The van der Waals surface area contributed by atoms with Crippen molar-refractivity contribution in [3.05, 3.63) is 41.6 Å². The first-order valence-corrected chi connectivity index (χ1v) is 16.5. The molecule has 0 radical (unpaired) electrons. The van der Waals surface area contributed by atoms with Gasteiger partial charge < -0.3 is 38.2 Å². The van der Waals surface area contributed by atoms with E-state index in [0.29, 0.717) is 34.8 Å². The van der Waals surface area contributed by atoms with Crippen molar-refractivity contribution in [3.8, 4) is 11.6 Å². The monoisotopic (exact) mass is 725 g/mol. The molecule has 2 atom stereocenters. The highest BCUT2D eigenvalue weighted by Crippen LogP contribution is 2.34. The van der Waals surface area contributed by atoms with Crippen LogP contribution in [0.15, 0.2) is 30.3 Å². The summed E-state index contributed by atoms with van der Waals surface area (Å²) in [6, 6.07) is 7.30. The number of benzene rings is 1. The summed E-state index contributed by atoms with van der Waals surface area (Å²) in [4.78, 5) is 26.2. The summed E-state index contributed by atoms with van der Waals surface area (Å²) in [7, 11) is 2.15. The highest BCUT2D eigenvalue weighted by Gasteiger charge is 2.41. The van der Waals surface area contributed by atoms with Crippen LogP contribution in [0.5, 0.6) is 11.6 Å². The molecule has 1 aliphatic heterocycles. The van der Waals surface area contributed by atoms with Gasteiger partial charge in [0.15, 0.2) is 0 Å². The molecule has 8 nitrogen and oxygen atoms in total. The van der Waals surface area contributed by atoms with Gasteiger partial charge in [-0.05, 0) is 25.3 Å². The van der Waals surface area contributed by atoms with Crippen LogP contribution in [0.3, 0.4) is 0 Å². The molecule has 2 unspecified atom stereocenters. The molecule has 2 heterocycles. The average Bonchev–Trinajstić information content (AvgIpc) is 3.46. The number of nitrogens with zero attached hydrogens (tertiary/aromatic N) is 3. The minimum Gasteiger partial charge on any atom is -1.00 e. The van der Waals surface area contributed by atoms with Crippen LogP contribution in [0.4, 0.5) is 0 Å². The van der Waals surface area contributed by atoms with Gasteiger partial charge in [-0.1, -0.05) is 83.6 Å². The molecule has 0 saturated heterocycles. The zero-order valence-electron chi connectivity index (χ0n) is 26.2. The first kappa shape index (κ1) is 35.4. The number of hydrogen-bond acceptors (Lipinski definition) is 8. The zero-order valence-corrected chi connectivity index (χ0v) is 29.2. The predicted octanol–water partition coefficient (Wildman–Crippen LogP) is 3.99. The highest BCUT2D eigenvalue weighted by molar-refractivity contribution is 6.99. The number of hydrogen-bond donors (Lipinski definition) is 0. The molecule has 1 fully saturated rings. The van der Waals surface area contributed by atoms with Crippen molar-refractivity contribution < 1.29 is 52.3 Å². The van der Waals surface area contributed by atoms with Gasteiger partial charge in [0, 0.05) is 23.5 Å². The zero-order chi connectivity index (χ0) is 30.0. The number of aromatic nitrogens is 2. The molecule has 4 rings (SSSR count). The first-order chi connectivity index (χ1) is 20.3. The molecule has 2 aromatic rings. The smallest absolute Gasteiger partial charge is 0.314 e. The summed E-state index contributed by atoms with van der Waals surface area (Å²) in [5.74, 6) is 0.579. The number of carbonyl (C=O) groups is 2. The fraction of sp³-hybridized carbons (Fsp3) is 0.636. The fourth-order valence-electron chi connectivity index (χ4n) is 6.22. The standard InChI is InChI=1S/C33H48N3O5S.HI/c1-5-6-7-13-21-39-31-30(34-42-35-31)27-18-14-20-36(4,23-27)32(24(2)3)41-29(37)22-26-17-11-12-19-28(26)40-33(38)25-15-9-8-10-16-25;/h11-12,17-19,24-25,32H,5-10,13-16,20-23H2,1-4H3;1H/q+1;/p-1. The second-order valence-corrected chi connectivity index (χ2v) is 12.9. The maximum atomic E-state index is 13.4. The molecule has 0 spiro atoms. The number of carbonyl (C=O) groups excluding carboxylic acids is 2. The normalized spacial score (nSPS) is 19.7. The lowest BCUT2D eigenvalue weighted by atomic mass is 9.89. The van der Waals surface area contributed by atoms with Gasteiger partial charge in [-0.3, -0.25) is 14.1 Å². The van der Waals surface area contributed by atoms with E-state index >= 15 is 0 Å². The van der Waals surface area contributed by atoms with E-state index in [0.717, 1.165) is 62.8 Å². The molecule has 1 aromatic carbocycles. The van der Waals surface area contributed by atoms with Crippen LogP contribution in [0.2, 0.25) is 0 Å². The number of unbranched alkanes of at least 4 members (excludes halogenated alkanes) is 3. The summed E-state index contributed by atoms with van der Waals surface area (Å²) in [6.07, 6.45) is 12.4. The third kappa shape index (κ3) is 9.97. The predicted molar refractivity (Wildman–Crippen MR) is 165 cm³/mol. The van der Waals surface area contributed by atoms with E-state index in [4.69, 9.17) is 14.2 Å². The summed E-state index contributed by atoms with van der Waals surface area (Å²) in [5.41, 5.74) is 2.56. The average molecular weight is 726 g/mol. The summed E-state index contributed by atoms with van der Waals surface area (Å²) in [5, 5.41) is 0. The summed E-state index contributed by atoms with van der Waals surface area (Å²) in [6.45, 7) is 8.54. The van der Waals surface area contributed by atoms with Crippen LogP contribution in [-0.2, 0) is 20.7 Å². The molecule has 0 N–H and O–H groups in total. The van der Waals surface area contributed by atoms with Gasteiger partial charge in [0.2, 0.25) is 6.23 Å². The van der Waals surface area contributed by atoms with Gasteiger partial charge in [0.05, 0.1) is 44.3 Å². The Labute approximate surface area is 278 Å². The van der Waals surface area contributed by atoms with Crippen LogP contribution in [0.25, 0.3) is 5.57 Å². The van der Waals surface area contributed by atoms with Gasteiger partial charge in [0.1, 0.15) is 18.0 Å². The van der Waals surface area contributed by atoms with Crippen LogP contribution < -0.4 is 33.5 Å². The van der Waals surface area contributed by atoms with Crippen molar-refractivity contribution in [2.24, 2.45) is 11.8 Å². The van der Waals surface area contributed by atoms with E-state index < -0.39 is 0 Å². The van der Waals surface area contributed by atoms with Crippen molar-refractivity contribution in [2.75, 3.05) is 26.7 Å². The van der Waals surface area contributed by atoms with E-state index in [1.807, 2.05) is 18.2 Å². The lowest BCUT2D eigenvalue weighted by Gasteiger charge is -2.44. The maximum absolute atomic E-state index is 13.4. The molecular formula is C33H48IN3O5S. The van der Waals surface area contributed by atoms with Gasteiger partial charge in [0.25, 0.3) is 5.88 Å². The minimum atomic E-state index is -0.344. The van der Waals surface area contributed by atoms with Crippen molar-refractivity contribution in [1.82, 2.24) is 8.75 Å². The van der Waals surface area contributed by atoms with E-state index in [1.54, 1.807) is 6.07 Å². The molecule has 0 bridgehead atoms. The van der Waals surface area contributed by atoms with Crippen LogP contribution in [-0.4, -0.2) is 58.1 Å². The summed E-state index contributed by atoms with van der Waals surface area (Å²) >= 11 is 1.18. The van der Waals surface area contributed by atoms with Gasteiger partial charge in [-0.25, -0.2) is 0 Å². The molecule has 0 amide bonds. The Morgan fingerprint density at radius 3 is 2.58 bits per heavy atom. The van der Waals surface area contributed by atoms with Crippen molar-refractivity contribution >= 4 is 29.2 Å². The number of ether oxygens (including phenoxy) is 3. The highest BCUT2D eigenvalue weighted by atomic mass is 127. The SMILES string of the molecule is CCCCCCOc1nsnc1C1=CCC[N+](C)(C(OC(=O)Cc2ccccc2OC(=O)C2CCCCC2)C(C)C)C1.[I-]. The second kappa shape index (κ2) is 17.4. The van der Waals surface area contributed by atoms with Gasteiger partial charge in [-0.15, -0.1) is 4.37 Å². The fourth-order valence-corrected chi connectivity index (χ4v) is 6.75. The van der Waals surface area contributed by atoms with Gasteiger partial charge in [-0.2, -0.15) is 4.37 Å². The van der Waals surface area contributed by atoms with E-state index in [1.165, 1.54) is 31.0 Å². The molecule has 10 heteroatoms. The van der Waals surface area contributed by atoms with Crippen molar-refractivity contribution in [3.63, 3.8) is 0 Å². The maximum Gasteiger partial charge on any atom is 0.314 e. The van der Waals surface area contributed by atoms with Gasteiger partial charge >= 0.3 is 11.9 Å². The third-order valence-corrected chi connectivity index (χ3v) is 8.97. The van der Waals surface area contributed by atoms with E-state index in [2.05, 4.69) is 42.6 Å². The Morgan fingerprint density at radius 1 is 1.07 bits per heavy atom. The quantitative estimate of drug-likeness (QED) is 0.0958. The Balaban J connectivity index is 0.00000506. The number of para-hydroxylation sites is 1. The topological polar surface area (TPSA) is 87.6 Å². The lowest BCUT2D eigenvalue weighted by Crippen LogP contribution is -3.00. The number of halogens is 1. The first-order valence-electron chi connectivity index (χ1n) is 15.8. The Bertz CT molecular complexity index is 1210. The minimum absolute atomic E-state index is 0.